The predicted molar refractivity (Wildman–Crippen MR) is 112 cm³/mol. The maximum absolute atomic E-state index is 13.2. The summed E-state index contributed by atoms with van der Waals surface area (Å²) in [5.41, 5.74) is 1.79. The van der Waals surface area contributed by atoms with Crippen LogP contribution in [0.2, 0.25) is 0 Å². The number of rotatable bonds is 7. The summed E-state index contributed by atoms with van der Waals surface area (Å²) >= 11 is 0. The van der Waals surface area contributed by atoms with Gasteiger partial charge in [-0.05, 0) is 37.5 Å². The molecule has 8 nitrogen and oxygen atoms in total. The van der Waals surface area contributed by atoms with E-state index in [4.69, 9.17) is 4.42 Å². The fourth-order valence-corrected chi connectivity index (χ4v) is 3.58. The number of aromatic nitrogens is 3. The summed E-state index contributed by atoms with van der Waals surface area (Å²) in [5, 5.41) is 12.8. The van der Waals surface area contributed by atoms with E-state index in [2.05, 4.69) is 26.3 Å². The Balaban J connectivity index is 1.33. The lowest BCUT2D eigenvalue weighted by Crippen LogP contribution is -2.39. The smallest absolute Gasteiger partial charge is 0.222 e. The van der Waals surface area contributed by atoms with Gasteiger partial charge in [0.05, 0.1) is 11.8 Å². The molecule has 0 spiro atoms. The molecule has 1 unspecified atom stereocenters. The maximum Gasteiger partial charge on any atom is 0.222 e. The third kappa shape index (κ3) is 4.97. The van der Waals surface area contributed by atoms with Gasteiger partial charge in [-0.3, -0.25) is 4.79 Å². The summed E-state index contributed by atoms with van der Waals surface area (Å²) in [6.45, 7) is 1.49. The average molecular weight is 422 g/mol. The van der Waals surface area contributed by atoms with Crippen molar-refractivity contribution < 1.29 is 13.6 Å². The summed E-state index contributed by atoms with van der Waals surface area (Å²) in [6.07, 6.45) is 2.61. The fourth-order valence-electron chi connectivity index (χ4n) is 3.58. The van der Waals surface area contributed by atoms with E-state index in [1.165, 1.54) is 0 Å². The van der Waals surface area contributed by atoms with Crippen LogP contribution in [0.1, 0.15) is 43.2 Å². The number of likely N-dealkylation sites (tertiary alicyclic amines) is 1. The molecule has 1 amide bonds. The normalized spacial score (nSPS) is 15.5. The zero-order valence-corrected chi connectivity index (χ0v) is 17.0. The first-order valence-electron chi connectivity index (χ1n) is 10.4. The molecule has 1 N–H and O–H groups in total. The maximum atomic E-state index is 13.2. The zero-order chi connectivity index (χ0) is 21.6. The highest BCUT2D eigenvalue weighted by Gasteiger charge is 2.23. The van der Waals surface area contributed by atoms with Crippen LogP contribution in [0.15, 0.2) is 40.9 Å². The number of carbonyl (C=O) groups is 1. The lowest BCUT2D eigenvalue weighted by atomic mass is 10.1. The standard InChI is InChI=1S/C22H23FN6O2/c23-15-8-12-29(13-9-15)20(30)6-3-10-25-22-26-11-7-17(28-22)16(14-24)21-27-18-4-1-2-5-19(18)31-21/h1-2,4-5,7,11,15-16H,3,6,8-10,12-13H2,(H,25,26,28). The van der Waals surface area contributed by atoms with Crippen molar-refractivity contribution in [1.82, 2.24) is 19.9 Å². The molecule has 0 bridgehead atoms. The minimum Gasteiger partial charge on any atom is -0.439 e. The Morgan fingerprint density at radius 1 is 1.29 bits per heavy atom. The van der Waals surface area contributed by atoms with Gasteiger partial charge in [0.1, 0.15) is 11.7 Å². The lowest BCUT2D eigenvalue weighted by Gasteiger charge is -2.28. The highest BCUT2D eigenvalue weighted by Crippen LogP contribution is 2.26. The van der Waals surface area contributed by atoms with E-state index >= 15 is 0 Å². The molecule has 3 aromatic rings. The number of benzene rings is 1. The molecule has 0 aliphatic carbocycles. The minimum absolute atomic E-state index is 0.0453. The number of fused-ring (bicyclic) bond motifs is 1. The first-order chi connectivity index (χ1) is 15.1. The highest BCUT2D eigenvalue weighted by molar-refractivity contribution is 5.76. The van der Waals surface area contributed by atoms with Crippen molar-refractivity contribution in [2.75, 3.05) is 25.0 Å². The second-order valence-electron chi connectivity index (χ2n) is 7.47. The number of piperidine rings is 1. The Kier molecular flexibility index (Phi) is 6.36. The first kappa shape index (κ1) is 20.7. The Morgan fingerprint density at radius 2 is 2.10 bits per heavy atom. The number of carbonyl (C=O) groups excluding carboxylic acids is 1. The molecule has 1 aliphatic rings. The molecule has 160 valence electrons. The van der Waals surface area contributed by atoms with Crippen molar-refractivity contribution in [3.8, 4) is 6.07 Å². The SMILES string of the molecule is N#CC(c1ccnc(NCCCC(=O)N2CCC(F)CC2)n1)c1nc2ccccc2o1. The van der Waals surface area contributed by atoms with Crippen LogP contribution in [-0.2, 0) is 4.79 Å². The number of alkyl halides is 1. The van der Waals surface area contributed by atoms with Gasteiger partial charge >= 0.3 is 0 Å². The number of nitriles is 1. The van der Waals surface area contributed by atoms with E-state index in [1.54, 1.807) is 23.2 Å². The molecule has 1 aromatic carbocycles. The van der Waals surface area contributed by atoms with Crippen LogP contribution >= 0.6 is 0 Å². The van der Waals surface area contributed by atoms with Crippen molar-refractivity contribution in [2.24, 2.45) is 0 Å². The van der Waals surface area contributed by atoms with Gasteiger partial charge in [0, 0.05) is 32.3 Å². The number of anilines is 1. The van der Waals surface area contributed by atoms with Crippen LogP contribution in [-0.4, -0.2) is 51.6 Å². The molecule has 3 heterocycles. The molecule has 1 saturated heterocycles. The van der Waals surface area contributed by atoms with Crippen LogP contribution in [0.25, 0.3) is 11.1 Å². The summed E-state index contributed by atoms with van der Waals surface area (Å²) in [6, 6.07) is 11.2. The van der Waals surface area contributed by atoms with E-state index in [0.717, 1.165) is 0 Å². The molecule has 2 aromatic heterocycles. The lowest BCUT2D eigenvalue weighted by molar-refractivity contribution is -0.132. The van der Waals surface area contributed by atoms with Gasteiger partial charge in [-0.15, -0.1) is 0 Å². The van der Waals surface area contributed by atoms with Crippen LogP contribution in [0.4, 0.5) is 10.3 Å². The molecular formula is C22H23FN6O2. The van der Waals surface area contributed by atoms with Gasteiger partial charge in [-0.2, -0.15) is 5.26 Å². The number of halogens is 1. The largest absolute Gasteiger partial charge is 0.439 e. The second kappa shape index (κ2) is 9.51. The van der Waals surface area contributed by atoms with Crippen molar-refractivity contribution in [1.29, 1.82) is 5.26 Å². The van der Waals surface area contributed by atoms with Gasteiger partial charge in [-0.1, -0.05) is 12.1 Å². The Hall–Kier alpha value is -3.54. The van der Waals surface area contributed by atoms with Crippen molar-refractivity contribution in [3.63, 3.8) is 0 Å². The number of hydrogen-bond acceptors (Lipinski definition) is 7. The molecule has 31 heavy (non-hydrogen) atoms. The van der Waals surface area contributed by atoms with Crippen LogP contribution < -0.4 is 5.32 Å². The molecular weight excluding hydrogens is 399 g/mol. The van der Waals surface area contributed by atoms with E-state index < -0.39 is 12.1 Å². The summed E-state index contributed by atoms with van der Waals surface area (Å²) in [5.74, 6) is -0.0459. The van der Waals surface area contributed by atoms with E-state index in [0.29, 0.717) is 68.1 Å². The summed E-state index contributed by atoms with van der Waals surface area (Å²) in [4.78, 5) is 27.0. The molecule has 0 radical (unpaired) electrons. The number of oxazole rings is 1. The number of nitrogens with one attached hydrogen (secondary N) is 1. The van der Waals surface area contributed by atoms with E-state index in [9.17, 15) is 14.4 Å². The highest BCUT2D eigenvalue weighted by atomic mass is 19.1. The minimum atomic E-state index is -0.790. The number of amides is 1. The van der Waals surface area contributed by atoms with E-state index in [-0.39, 0.29) is 11.8 Å². The molecule has 1 fully saturated rings. The fraction of sp³-hybridized carbons (Fsp3) is 0.409. The zero-order valence-electron chi connectivity index (χ0n) is 17.0. The Labute approximate surface area is 179 Å². The molecule has 9 heteroatoms. The van der Waals surface area contributed by atoms with Gasteiger partial charge in [-0.25, -0.2) is 19.3 Å². The van der Waals surface area contributed by atoms with Gasteiger partial charge in [0.15, 0.2) is 11.5 Å². The van der Waals surface area contributed by atoms with Crippen molar-refractivity contribution in [2.45, 2.75) is 37.8 Å². The summed E-state index contributed by atoms with van der Waals surface area (Å²) < 4.78 is 18.9. The van der Waals surface area contributed by atoms with Crippen molar-refractivity contribution in [3.05, 3.63) is 48.1 Å². The van der Waals surface area contributed by atoms with Gasteiger partial charge < -0.3 is 14.6 Å². The van der Waals surface area contributed by atoms with Crippen LogP contribution in [0, 0.1) is 11.3 Å². The van der Waals surface area contributed by atoms with E-state index in [1.807, 2.05) is 18.2 Å². The summed E-state index contributed by atoms with van der Waals surface area (Å²) in [7, 11) is 0. The number of nitrogens with zero attached hydrogens (tertiary/aromatic N) is 5. The van der Waals surface area contributed by atoms with Gasteiger partial charge in [0.25, 0.3) is 0 Å². The topological polar surface area (TPSA) is 108 Å². The molecule has 1 atom stereocenters. The van der Waals surface area contributed by atoms with Gasteiger partial charge in [0.2, 0.25) is 17.7 Å². The molecule has 4 rings (SSSR count). The first-order valence-corrected chi connectivity index (χ1v) is 10.4. The third-order valence-corrected chi connectivity index (χ3v) is 5.29. The van der Waals surface area contributed by atoms with Crippen LogP contribution in [0.3, 0.4) is 0 Å². The predicted octanol–water partition coefficient (Wildman–Crippen LogP) is 3.43. The van der Waals surface area contributed by atoms with Crippen LogP contribution in [0.5, 0.6) is 0 Å². The third-order valence-electron chi connectivity index (χ3n) is 5.29. The number of hydrogen-bond donors (Lipinski definition) is 1. The Bertz CT molecular complexity index is 1050. The number of para-hydroxylation sites is 2. The monoisotopic (exact) mass is 422 g/mol. The average Bonchev–Trinajstić information content (AvgIpc) is 3.21. The second-order valence-corrected chi connectivity index (χ2v) is 7.47. The van der Waals surface area contributed by atoms with Crippen molar-refractivity contribution >= 4 is 23.0 Å². The molecule has 0 saturated carbocycles. The Morgan fingerprint density at radius 3 is 2.87 bits per heavy atom. The molecule has 1 aliphatic heterocycles. The quantitative estimate of drug-likeness (QED) is 0.581.